The monoisotopic (exact) mass is 217 g/mol. The lowest BCUT2D eigenvalue weighted by molar-refractivity contribution is 0.112. The van der Waals surface area contributed by atoms with Gasteiger partial charge in [0.15, 0.2) is 0 Å². The van der Waals surface area contributed by atoms with Gasteiger partial charge in [0.05, 0.1) is 12.1 Å². The second-order valence-electron chi connectivity index (χ2n) is 3.32. The SMILES string of the molecule is CCOC(=O)n1ccc2ccc(C=O)cc21. The van der Waals surface area contributed by atoms with Crippen LogP contribution in [0.3, 0.4) is 0 Å². The third-order valence-corrected chi connectivity index (χ3v) is 2.32. The fourth-order valence-corrected chi connectivity index (χ4v) is 1.57. The van der Waals surface area contributed by atoms with Crippen LogP contribution in [0.5, 0.6) is 0 Å². The molecule has 0 aliphatic rings. The molecule has 1 aromatic heterocycles. The molecular formula is C12H11NO3. The highest BCUT2D eigenvalue weighted by Gasteiger charge is 2.09. The molecule has 4 heteroatoms. The van der Waals surface area contributed by atoms with E-state index in [1.165, 1.54) is 4.57 Å². The first-order valence-electron chi connectivity index (χ1n) is 4.99. The van der Waals surface area contributed by atoms with Gasteiger partial charge in [-0.3, -0.25) is 9.36 Å². The summed E-state index contributed by atoms with van der Waals surface area (Å²) in [6.07, 6.45) is 1.96. The molecule has 0 N–H and O–H groups in total. The van der Waals surface area contributed by atoms with Crippen LogP contribution in [0, 0.1) is 0 Å². The Balaban J connectivity index is 2.53. The van der Waals surface area contributed by atoms with E-state index in [-0.39, 0.29) is 0 Å². The van der Waals surface area contributed by atoms with Crippen LogP contribution in [-0.2, 0) is 4.74 Å². The maximum absolute atomic E-state index is 11.6. The third-order valence-electron chi connectivity index (χ3n) is 2.32. The predicted molar refractivity (Wildman–Crippen MR) is 59.7 cm³/mol. The normalized spacial score (nSPS) is 10.3. The molecular weight excluding hydrogens is 206 g/mol. The molecule has 0 aliphatic heterocycles. The fraction of sp³-hybridized carbons (Fsp3) is 0.167. The van der Waals surface area contributed by atoms with Crippen molar-refractivity contribution in [3.05, 3.63) is 36.0 Å². The van der Waals surface area contributed by atoms with Crippen molar-refractivity contribution in [3.63, 3.8) is 0 Å². The number of aromatic nitrogens is 1. The van der Waals surface area contributed by atoms with E-state index < -0.39 is 6.09 Å². The Morgan fingerprint density at radius 2 is 2.25 bits per heavy atom. The van der Waals surface area contributed by atoms with E-state index in [2.05, 4.69) is 0 Å². The molecule has 2 rings (SSSR count). The quantitative estimate of drug-likeness (QED) is 0.726. The summed E-state index contributed by atoms with van der Waals surface area (Å²) in [5.74, 6) is 0. The molecule has 2 aromatic rings. The van der Waals surface area contributed by atoms with E-state index in [0.29, 0.717) is 17.7 Å². The number of rotatable bonds is 2. The highest BCUT2D eigenvalue weighted by atomic mass is 16.5. The van der Waals surface area contributed by atoms with Crippen molar-refractivity contribution >= 4 is 23.3 Å². The first-order chi connectivity index (χ1) is 7.76. The van der Waals surface area contributed by atoms with Gasteiger partial charge in [-0.05, 0) is 19.1 Å². The zero-order valence-electron chi connectivity index (χ0n) is 8.84. The van der Waals surface area contributed by atoms with Gasteiger partial charge >= 0.3 is 6.09 Å². The van der Waals surface area contributed by atoms with Crippen molar-refractivity contribution in [3.8, 4) is 0 Å². The van der Waals surface area contributed by atoms with Crippen molar-refractivity contribution < 1.29 is 14.3 Å². The number of nitrogens with zero attached hydrogens (tertiary/aromatic N) is 1. The van der Waals surface area contributed by atoms with Crippen molar-refractivity contribution in [1.29, 1.82) is 0 Å². The molecule has 1 aromatic carbocycles. The Morgan fingerprint density at radius 3 is 2.94 bits per heavy atom. The molecule has 1 heterocycles. The largest absolute Gasteiger partial charge is 0.449 e. The second-order valence-corrected chi connectivity index (χ2v) is 3.32. The third kappa shape index (κ3) is 1.69. The van der Waals surface area contributed by atoms with Gasteiger partial charge in [0.2, 0.25) is 0 Å². The van der Waals surface area contributed by atoms with E-state index in [0.717, 1.165) is 11.7 Å². The molecule has 0 radical (unpaired) electrons. The highest BCUT2D eigenvalue weighted by molar-refractivity contribution is 5.92. The van der Waals surface area contributed by atoms with E-state index >= 15 is 0 Å². The summed E-state index contributed by atoms with van der Waals surface area (Å²) in [5, 5.41) is 0.902. The van der Waals surface area contributed by atoms with Gasteiger partial charge in [0, 0.05) is 17.1 Å². The number of hydrogen-bond acceptors (Lipinski definition) is 3. The molecule has 0 fully saturated rings. The van der Waals surface area contributed by atoms with Crippen LogP contribution >= 0.6 is 0 Å². The molecule has 0 aliphatic carbocycles. The molecule has 0 amide bonds. The maximum atomic E-state index is 11.6. The fourth-order valence-electron chi connectivity index (χ4n) is 1.57. The van der Waals surface area contributed by atoms with Crippen LogP contribution in [0.15, 0.2) is 30.5 Å². The van der Waals surface area contributed by atoms with Gasteiger partial charge in [-0.15, -0.1) is 0 Å². The molecule has 0 unspecified atom stereocenters. The molecule has 82 valence electrons. The minimum absolute atomic E-state index is 0.325. The molecule has 0 atom stereocenters. The summed E-state index contributed by atoms with van der Waals surface area (Å²) in [6, 6.07) is 6.99. The van der Waals surface area contributed by atoms with Gasteiger partial charge in [-0.25, -0.2) is 4.79 Å². The van der Waals surface area contributed by atoms with Crippen molar-refractivity contribution in [1.82, 2.24) is 4.57 Å². The predicted octanol–water partition coefficient (Wildman–Crippen LogP) is 2.46. The van der Waals surface area contributed by atoms with Gasteiger partial charge < -0.3 is 4.74 Å². The Kier molecular flexibility index (Phi) is 2.72. The van der Waals surface area contributed by atoms with Crippen LogP contribution in [-0.4, -0.2) is 23.6 Å². The first-order valence-corrected chi connectivity index (χ1v) is 4.99. The number of aldehydes is 1. The Morgan fingerprint density at radius 1 is 1.44 bits per heavy atom. The Hall–Kier alpha value is -2.10. The Labute approximate surface area is 92.4 Å². The summed E-state index contributed by atoms with van der Waals surface area (Å²) in [6.45, 7) is 2.08. The number of fused-ring (bicyclic) bond motifs is 1. The smallest absolute Gasteiger partial charge is 0.418 e. The number of ether oxygens (including phenoxy) is 1. The van der Waals surface area contributed by atoms with Crippen LogP contribution in [0.4, 0.5) is 4.79 Å². The van der Waals surface area contributed by atoms with E-state index in [4.69, 9.17) is 4.74 Å². The average Bonchev–Trinajstić information content (AvgIpc) is 2.71. The van der Waals surface area contributed by atoms with Crippen LogP contribution in [0.25, 0.3) is 10.9 Å². The lowest BCUT2D eigenvalue weighted by Crippen LogP contribution is -2.12. The van der Waals surface area contributed by atoms with Crippen LogP contribution in [0.1, 0.15) is 17.3 Å². The second kappa shape index (κ2) is 4.18. The van der Waals surface area contributed by atoms with Gasteiger partial charge in [0.1, 0.15) is 6.29 Å². The van der Waals surface area contributed by atoms with Crippen LogP contribution in [0.2, 0.25) is 0 Å². The lowest BCUT2D eigenvalue weighted by Gasteiger charge is -2.03. The van der Waals surface area contributed by atoms with E-state index in [1.54, 1.807) is 37.4 Å². The molecule has 0 spiro atoms. The number of hydrogen-bond donors (Lipinski definition) is 0. The molecule has 0 saturated heterocycles. The summed E-state index contributed by atoms with van der Waals surface area (Å²) >= 11 is 0. The summed E-state index contributed by atoms with van der Waals surface area (Å²) in [4.78, 5) is 22.2. The first kappa shape index (κ1) is 10.4. The zero-order valence-corrected chi connectivity index (χ0v) is 8.84. The summed E-state index contributed by atoms with van der Waals surface area (Å²) < 4.78 is 6.30. The number of carbonyl (C=O) groups is 2. The van der Waals surface area contributed by atoms with E-state index in [1.807, 2.05) is 0 Å². The maximum Gasteiger partial charge on any atom is 0.418 e. The van der Waals surface area contributed by atoms with Crippen molar-refractivity contribution in [2.45, 2.75) is 6.92 Å². The number of carbonyl (C=O) groups excluding carboxylic acids is 2. The highest BCUT2D eigenvalue weighted by Crippen LogP contribution is 2.17. The molecule has 4 nitrogen and oxygen atoms in total. The van der Waals surface area contributed by atoms with Gasteiger partial charge in [-0.1, -0.05) is 12.1 Å². The minimum atomic E-state index is -0.430. The topological polar surface area (TPSA) is 48.3 Å². The molecule has 0 saturated carbocycles. The minimum Gasteiger partial charge on any atom is -0.449 e. The van der Waals surface area contributed by atoms with Gasteiger partial charge in [0.25, 0.3) is 0 Å². The molecule has 0 bridgehead atoms. The van der Waals surface area contributed by atoms with Crippen molar-refractivity contribution in [2.24, 2.45) is 0 Å². The molecule has 16 heavy (non-hydrogen) atoms. The standard InChI is InChI=1S/C12H11NO3/c1-2-16-12(15)13-6-5-10-4-3-9(8-14)7-11(10)13/h3-8H,2H2,1H3. The van der Waals surface area contributed by atoms with Gasteiger partial charge in [-0.2, -0.15) is 0 Å². The average molecular weight is 217 g/mol. The number of benzene rings is 1. The summed E-state index contributed by atoms with van der Waals surface area (Å²) in [5.41, 5.74) is 1.22. The van der Waals surface area contributed by atoms with Crippen molar-refractivity contribution in [2.75, 3.05) is 6.61 Å². The van der Waals surface area contributed by atoms with Crippen LogP contribution < -0.4 is 0 Å². The zero-order chi connectivity index (χ0) is 11.5. The lowest BCUT2D eigenvalue weighted by atomic mass is 10.2. The Bertz CT molecular complexity index is 542. The summed E-state index contributed by atoms with van der Waals surface area (Å²) in [7, 11) is 0. The van der Waals surface area contributed by atoms with E-state index in [9.17, 15) is 9.59 Å².